The number of halogens is 1. The van der Waals surface area contributed by atoms with Crippen molar-refractivity contribution in [1.82, 2.24) is 14.7 Å². The highest BCUT2D eigenvalue weighted by Crippen LogP contribution is 2.57. The number of hydrogen-bond acceptors (Lipinski definition) is 4. The lowest BCUT2D eigenvalue weighted by atomic mass is 9.60. The van der Waals surface area contributed by atoms with Crippen molar-refractivity contribution in [2.75, 3.05) is 59.5 Å². The Morgan fingerprint density at radius 1 is 1.16 bits per heavy atom. The Labute approximate surface area is 184 Å². The molecule has 3 aliphatic heterocycles. The summed E-state index contributed by atoms with van der Waals surface area (Å²) < 4.78 is 18.8. The number of fused-ring (bicyclic) bond motifs is 1. The van der Waals surface area contributed by atoms with Gasteiger partial charge < -0.3 is 14.5 Å². The molecule has 2 amide bonds. The van der Waals surface area contributed by atoms with Gasteiger partial charge in [-0.15, -0.1) is 0 Å². The molecule has 4 rings (SSSR count). The van der Waals surface area contributed by atoms with Crippen molar-refractivity contribution in [3.05, 3.63) is 35.6 Å². The first kappa shape index (κ1) is 22.2. The smallest absolute Gasteiger partial charge is 0.230 e. The first-order valence-electron chi connectivity index (χ1n) is 11.5. The number of piperidine rings is 1. The standard InChI is InChI=1S/C24H34FN3O3/c1-3-27-12-9-24(22(27)30)18-26(13-14-31-2)17-23(24)7-10-28(11-8-23)21(29)16-19-5-4-6-20(25)15-19/h4-6,15H,3,7-14,16-18H2,1-2H3/t24-/m0/s1. The molecule has 0 aromatic heterocycles. The Bertz CT molecular complexity index is 824. The lowest BCUT2D eigenvalue weighted by Gasteiger charge is -2.47. The van der Waals surface area contributed by atoms with Crippen LogP contribution >= 0.6 is 0 Å². The summed E-state index contributed by atoms with van der Waals surface area (Å²) >= 11 is 0. The van der Waals surface area contributed by atoms with Crippen LogP contribution in [0.25, 0.3) is 0 Å². The number of hydrogen-bond donors (Lipinski definition) is 0. The van der Waals surface area contributed by atoms with Crippen LogP contribution in [0.4, 0.5) is 4.39 Å². The first-order valence-corrected chi connectivity index (χ1v) is 11.5. The van der Waals surface area contributed by atoms with Gasteiger partial charge in [0.15, 0.2) is 0 Å². The molecule has 1 aromatic carbocycles. The highest BCUT2D eigenvalue weighted by atomic mass is 19.1. The van der Waals surface area contributed by atoms with Gasteiger partial charge in [-0.25, -0.2) is 4.39 Å². The van der Waals surface area contributed by atoms with Gasteiger partial charge in [-0.2, -0.15) is 0 Å². The molecule has 3 saturated heterocycles. The van der Waals surface area contributed by atoms with Crippen LogP contribution in [0.15, 0.2) is 24.3 Å². The van der Waals surface area contributed by atoms with Gasteiger partial charge in [0.2, 0.25) is 11.8 Å². The molecule has 0 radical (unpaired) electrons. The molecule has 31 heavy (non-hydrogen) atoms. The Morgan fingerprint density at radius 2 is 1.94 bits per heavy atom. The predicted octanol–water partition coefficient (Wildman–Crippen LogP) is 2.18. The lowest BCUT2D eigenvalue weighted by molar-refractivity contribution is -0.143. The number of methoxy groups -OCH3 is 1. The van der Waals surface area contributed by atoms with Crippen molar-refractivity contribution in [2.45, 2.75) is 32.6 Å². The fourth-order valence-electron chi connectivity index (χ4n) is 6.09. The number of likely N-dealkylation sites (tertiary alicyclic amines) is 3. The zero-order valence-electron chi connectivity index (χ0n) is 18.7. The maximum atomic E-state index is 13.5. The van der Waals surface area contributed by atoms with Crippen LogP contribution in [0.3, 0.4) is 0 Å². The lowest BCUT2D eigenvalue weighted by Crippen LogP contribution is -2.53. The molecule has 7 heteroatoms. The van der Waals surface area contributed by atoms with Crippen molar-refractivity contribution >= 4 is 11.8 Å². The molecule has 170 valence electrons. The molecular formula is C24H34FN3O3. The van der Waals surface area contributed by atoms with E-state index in [2.05, 4.69) is 11.8 Å². The van der Waals surface area contributed by atoms with Crippen LogP contribution in [0, 0.1) is 16.6 Å². The summed E-state index contributed by atoms with van der Waals surface area (Å²) in [6.45, 7) is 8.15. The van der Waals surface area contributed by atoms with E-state index in [1.54, 1.807) is 19.2 Å². The Balaban J connectivity index is 1.47. The largest absolute Gasteiger partial charge is 0.383 e. The monoisotopic (exact) mass is 431 g/mol. The number of carbonyl (C=O) groups is 2. The minimum Gasteiger partial charge on any atom is -0.383 e. The second-order valence-corrected chi connectivity index (χ2v) is 9.39. The molecule has 0 saturated carbocycles. The fraction of sp³-hybridized carbons (Fsp3) is 0.667. The Kier molecular flexibility index (Phi) is 6.35. The molecule has 6 nitrogen and oxygen atoms in total. The van der Waals surface area contributed by atoms with Crippen LogP contribution in [-0.2, 0) is 20.7 Å². The third kappa shape index (κ3) is 3.98. The summed E-state index contributed by atoms with van der Waals surface area (Å²) in [5.41, 5.74) is 0.282. The van der Waals surface area contributed by atoms with E-state index in [0.717, 1.165) is 52.0 Å². The summed E-state index contributed by atoms with van der Waals surface area (Å²) in [5.74, 6) is 0.0262. The summed E-state index contributed by atoms with van der Waals surface area (Å²) in [4.78, 5) is 32.7. The van der Waals surface area contributed by atoms with Crippen LogP contribution in [0.5, 0.6) is 0 Å². The highest BCUT2D eigenvalue weighted by Gasteiger charge is 2.64. The van der Waals surface area contributed by atoms with Crippen LogP contribution in [0.1, 0.15) is 31.7 Å². The average Bonchev–Trinajstić information content (AvgIpc) is 3.24. The van der Waals surface area contributed by atoms with E-state index >= 15 is 0 Å². The summed E-state index contributed by atoms with van der Waals surface area (Å²) in [5, 5.41) is 0. The minimum absolute atomic E-state index is 0.0386. The summed E-state index contributed by atoms with van der Waals surface area (Å²) in [7, 11) is 1.71. The minimum atomic E-state index is -0.339. The molecule has 3 heterocycles. The second-order valence-electron chi connectivity index (χ2n) is 9.39. The van der Waals surface area contributed by atoms with E-state index in [0.29, 0.717) is 31.2 Å². The van der Waals surface area contributed by atoms with Gasteiger partial charge in [-0.05, 0) is 43.9 Å². The van der Waals surface area contributed by atoms with E-state index in [9.17, 15) is 14.0 Å². The van der Waals surface area contributed by atoms with Crippen LogP contribution in [-0.4, -0.2) is 86.0 Å². The van der Waals surface area contributed by atoms with Gasteiger partial charge in [0.1, 0.15) is 5.82 Å². The van der Waals surface area contributed by atoms with Gasteiger partial charge in [0, 0.05) is 58.3 Å². The predicted molar refractivity (Wildman–Crippen MR) is 116 cm³/mol. The van der Waals surface area contributed by atoms with E-state index in [1.807, 2.05) is 9.80 Å². The van der Waals surface area contributed by atoms with Crippen molar-refractivity contribution < 1.29 is 18.7 Å². The average molecular weight is 432 g/mol. The number of rotatable bonds is 6. The van der Waals surface area contributed by atoms with Gasteiger partial charge in [-0.1, -0.05) is 12.1 Å². The molecular weight excluding hydrogens is 397 g/mol. The number of ether oxygens (including phenoxy) is 1. The summed E-state index contributed by atoms with van der Waals surface area (Å²) in [6.07, 6.45) is 2.81. The van der Waals surface area contributed by atoms with Crippen molar-refractivity contribution in [3.8, 4) is 0 Å². The van der Waals surface area contributed by atoms with E-state index in [-0.39, 0.29) is 29.0 Å². The number of nitrogens with zero attached hydrogens (tertiary/aromatic N) is 3. The maximum absolute atomic E-state index is 13.5. The van der Waals surface area contributed by atoms with E-state index < -0.39 is 0 Å². The molecule has 1 atom stereocenters. The molecule has 0 bridgehead atoms. The molecule has 0 aliphatic carbocycles. The third-order valence-corrected chi connectivity index (χ3v) is 7.85. The zero-order valence-corrected chi connectivity index (χ0v) is 18.7. The molecule has 0 N–H and O–H groups in total. The number of benzene rings is 1. The van der Waals surface area contributed by atoms with Gasteiger partial charge >= 0.3 is 0 Å². The number of amides is 2. The molecule has 3 fully saturated rings. The normalized spacial score (nSPS) is 25.8. The van der Waals surface area contributed by atoms with Gasteiger partial charge in [0.05, 0.1) is 18.4 Å². The second kappa shape index (κ2) is 8.87. The summed E-state index contributed by atoms with van der Waals surface area (Å²) in [6, 6.07) is 6.26. The zero-order chi connectivity index (χ0) is 22.1. The molecule has 1 aromatic rings. The van der Waals surface area contributed by atoms with Gasteiger partial charge in [-0.3, -0.25) is 14.5 Å². The molecule has 0 unspecified atom stereocenters. The SMILES string of the molecule is CCN1CC[C@]2(CN(CCOC)CC23CCN(C(=O)Cc2cccc(F)c2)CC3)C1=O. The topological polar surface area (TPSA) is 53.1 Å². The van der Waals surface area contributed by atoms with Crippen LogP contribution < -0.4 is 0 Å². The molecule has 2 spiro atoms. The maximum Gasteiger partial charge on any atom is 0.230 e. The van der Waals surface area contributed by atoms with Crippen molar-refractivity contribution in [2.24, 2.45) is 10.8 Å². The Hall–Kier alpha value is -1.99. The highest BCUT2D eigenvalue weighted by molar-refractivity contribution is 5.87. The number of carbonyl (C=O) groups excluding carboxylic acids is 2. The quantitative estimate of drug-likeness (QED) is 0.693. The van der Waals surface area contributed by atoms with Crippen molar-refractivity contribution in [3.63, 3.8) is 0 Å². The van der Waals surface area contributed by atoms with Crippen molar-refractivity contribution in [1.29, 1.82) is 0 Å². The fourth-order valence-corrected chi connectivity index (χ4v) is 6.09. The first-order chi connectivity index (χ1) is 14.9. The third-order valence-electron chi connectivity index (χ3n) is 7.85. The van der Waals surface area contributed by atoms with Crippen LogP contribution in [0.2, 0.25) is 0 Å². The van der Waals surface area contributed by atoms with E-state index in [4.69, 9.17) is 4.74 Å². The molecule has 3 aliphatic rings. The Morgan fingerprint density at radius 3 is 2.58 bits per heavy atom. The van der Waals surface area contributed by atoms with Gasteiger partial charge in [0.25, 0.3) is 0 Å². The van der Waals surface area contributed by atoms with E-state index in [1.165, 1.54) is 12.1 Å².